The van der Waals surface area contributed by atoms with Crippen LogP contribution in [0.25, 0.3) is 0 Å². The highest BCUT2D eigenvalue weighted by Gasteiger charge is 2.15. The number of carbonyl (C=O) groups is 1. The molecule has 2 rings (SSSR count). The van der Waals surface area contributed by atoms with Crippen LogP contribution in [0.5, 0.6) is 5.75 Å². The van der Waals surface area contributed by atoms with Crippen LogP contribution < -0.4 is 15.2 Å². The normalized spacial score (nSPS) is 12.5. The number of halogens is 1. The van der Waals surface area contributed by atoms with Crippen molar-refractivity contribution in [1.29, 1.82) is 0 Å². The summed E-state index contributed by atoms with van der Waals surface area (Å²) in [6.07, 6.45) is -0.720. The third kappa shape index (κ3) is 5.45. The van der Waals surface area contributed by atoms with Crippen LogP contribution in [0.2, 0.25) is 5.02 Å². The van der Waals surface area contributed by atoms with Crippen LogP contribution in [0.3, 0.4) is 0 Å². The molecule has 2 aromatic carbocycles. The van der Waals surface area contributed by atoms with E-state index in [1.165, 1.54) is 12.1 Å². The second kappa shape index (κ2) is 7.86. The maximum Gasteiger partial charge on any atom is 0.261 e. The number of aryl methyl sites for hydroxylation is 1. The maximum absolute atomic E-state index is 12.1. The SMILES string of the molecule is Cc1cc(OC(C)C(=O)NCc2cccc(S(N)(=O)=O)c2)ccc1Cl. The summed E-state index contributed by atoms with van der Waals surface area (Å²) < 4.78 is 28.3. The molecule has 6 nitrogen and oxygen atoms in total. The largest absolute Gasteiger partial charge is 0.481 e. The summed E-state index contributed by atoms with van der Waals surface area (Å²) in [5, 5.41) is 8.42. The molecule has 0 fully saturated rings. The molecule has 1 unspecified atom stereocenters. The third-order valence-corrected chi connectivity index (χ3v) is 4.84. The van der Waals surface area contributed by atoms with Crippen molar-refractivity contribution in [3.63, 3.8) is 0 Å². The van der Waals surface area contributed by atoms with Crippen LogP contribution in [0.15, 0.2) is 47.4 Å². The van der Waals surface area contributed by atoms with Gasteiger partial charge in [0.1, 0.15) is 5.75 Å². The molecule has 25 heavy (non-hydrogen) atoms. The topological polar surface area (TPSA) is 98.5 Å². The zero-order chi connectivity index (χ0) is 18.6. The molecule has 134 valence electrons. The molecule has 0 aliphatic heterocycles. The van der Waals surface area contributed by atoms with Gasteiger partial charge in [0.05, 0.1) is 4.90 Å². The first-order chi connectivity index (χ1) is 11.7. The number of benzene rings is 2. The number of sulfonamides is 1. The van der Waals surface area contributed by atoms with Gasteiger partial charge in [-0.2, -0.15) is 0 Å². The second-order valence-electron chi connectivity index (χ2n) is 5.58. The molecule has 0 radical (unpaired) electrons. The summed E-state index contributed by atoms with van der Waals surface area (Å²) >= 11 is 5.96. The second-order valence-corrected chi connectivity index (χ2v) is 7.55. The van der Waals surface area contributed by atoms with Gasteiger partial charge in [-0.15, -0.1) is 0 Å². The van der Waals surface area contributed by atoms with E-state index in [9.17, 15) is 13.2 Å². The third-order valence-electron chi connectivity index (χ3n) is 3.51. The van der Waals surface area contributed by atoms with Crippen LogP contribution in [-0.4, -0.2) is 20.4 Å². The Hall–Kier alpha value is -2.09. The molecule has 1 amide bonds. The Labute approximate surface area is 152 Å². The Morgan fingerprint density at radius 1 is 1.28 bits per heavy atom. The first-order valence-corrected chi connectivity index (χ1v) is 9.41. The summed E-state index contributed by atoms with van der Waals surface area (Å²) in [7, 11) is -3.78. The predicted molar refractivity (Wildman–Crippen MR) is 95.9 cm³/mol. The molecular weight excluding hydrogens is 364 g/mol. The monoisotopic (exact) mass is 382 g/mol. The van der Waals surface area contributed by atoms with Crippen molar-refractivity contribution in [3.05, 3.63) is 58.6 Å². The highest BCUT2D eigenvalue weighted by Crippen LogP contribution is 2.21. The number of ether oxygens (including phenoxy) is 1. The fourth-order valence-corrected chi connectivity index (χ4v) is 2.81. The summed E-state index contributed by atoms with van der Waals surface area (Å²) in [6.45, 7) is 3.63. The molecule has 0 aliphatic rings. The average molecular weight is 383 g/mol. The van der Waals surface area contributed by atoms with Crippen LogP contribution in [0.4, 0.5) is 0 Å². The van der Waals surface area contributed by atoms with Crippen LogP contribution in [-0.2, 0) is 21.4 Å². The number of primary sulfonamides is 1. The number of amides is 1. The van der Waals surface area contributed by atoms with Crippen molar-refractivity contribution < 1.29 is 17.9 Å². The lowest BCUT2D eigenvalue weighted by Crippen LogP contribution is -2.35. The first-order valence-electron chi connectivity index (χ1n) is 7.49. The van der Waals surface area contributed by atoms with E-state index in [1.807, 2.05) is 6.92 Å². The highest BCUT2D eigenvalue weighted by molar-refractivity contribution is 7.89. The molecule has 2 aromatic rings. The van der Waals surface area contributed by atoms with Crippen LogP contribution >= 0.6 is 11.6 Å². The summed E-state index contributed by atoms with van der Waals surface area (Å²) in [5.74, 6) is 0.217. The Balaban J connectivity index is 1.96. The van der Waals surface area contributed by atoms with Crippen molar-refractivity contribution in [1.82, 2.24) is 5.32 Å². The van der Waals surface area contributed by atoms with Crippen molar-refractivity contribution in [2.75, 3.05) is 0 Å². The lowest BCUT2D eigenvalue weighted by atomic mass is 10.2. The Morgan fingerprint density at radius 2 is 2.00 bits per heavy atom. The van der Waals surface area contributed by atoms with Gasteiger partial charge in [-0.1, -0.05) is 23.7 Å². The maximum atomic E-state index is 12.1. The Morgan fingerprint density at radius 3 is 2.64 bits per heavy atom. The van der Waals surface area contributed by atoms with E-state index in [-0.39, 0.29) is 17.3 Å². The minimum absolute atomic E-state index is 0.000173. The molecule has 0 saturated carbocycles. The summed E-state index contributed by atoms with van der Waals surface area (Å²) in [6, 6.07) is 11.2. The number of nitrogens with one attached hydrogen (secondary N) is 1. The molecule has 0 heterocycles. The zero-order valence-corrected chi connectivity index (χ0v) is 15.4. The fourth-order valence-electron chi connectivity index (χ4n) is 2.11. The van der Waals surface area contributed by atoms with Gasteiger partial charge in [0.25, 0.3) is 5.91 Å². The van der Waals surface area contributed by atoms with Crippen LogP contribution in [0.1, 0.15) is 18.1 Å². The quantitative estimate of drug-likeness (QED) is 0.801. The minimum Gasteiger partial charge on any atom is -0.481 e. The van der Waals surface area contributed by atoms with Gasteiger partial charge in [0, 0.05) is 11.6 Å². The molecule has 0 saturated heterocycles. The molecule has 0 spiro atoms. The molecule has 0 aromatic heterocycles. The number of hydrogen-bond acceptors (Lipinski definition) is 4. The molecule has 3 N–H and O–H groups in total. The Bertz CT molecular complexity index is 884. The van der Waals surface area contributed by atoms with Crippen molar-refractivity contribution in [3.8, 4) is 5.75 Å². The van der Waals surface area contributed by atoms with E-state index < -0.39 is 16.1 Å². The summed E-state index contributed by atoms with van der Waals surface area (Å²) in [5.41, 5.74) is 1.47. The standard InChI is InChI=1S/C17H19ClN2O4S/c1-11-8-14(6-7-16(11)18)24-12(2)17(21)20-10-13-4-3-5-15(9-13)25(19,22)23/h3-9,12H,10H2,1-2H3,(H,20,21)(H2,19,22,23). The molecule has 0 aliphatic carbocycles. The van der Waals surface area contributed by atoms with Gasteiger partial charge in [-0.25, -0.2) is 13.6 Å². The minimum atomic E-state index is -3.78. The fraction of sp³-hybridized carbons (Fsp3) is 0.235. The lowest BCUT2D eigenvalue weighted by molar-refractivity contribution is -0.127. The van der Waals surface area contributed by atoms with Gasteiger partial charge < -0.3 is 10.1 Å². The van der Waals surface area contributed by atoms with Gasteiger partial charge in [-0.3, -0.25) is 4.79 Å². The van der Waals surface area contributed by atoms with E-state index in [0.717, 1.165) is 5.56 Å². The number of nitrogens with two attached hydrogens (primary N) is 1. The molecular formula is C17H19ClN2O4S. The Kier molecular flexibility index (Phi) is 6.05. The lowest BCUT2D eigenvalue weighted by Gasteiger charge is -2.15. The van der Waals surface area contributed by atoms with E-state index in [2.05, 4.69) is 5.32 Å². The van der Waals surface area contributed by atoms with E-state index in [1.54, 1.807) is 37.3 Å². The average Bonchev–Trinajstić information content (AvgIpc) is 2.55. The van der Waals surface area contributed by atoms with Gasteiger partial charge >= 0.3 is 0 Å². The summed E-state index contributed by atoms with van der Waals surface area (Å²) in [4.78, 5) is 12.1. The molecule has 8 heteroatoms. The smallest absolute Gasteiger partial charge is 0.261 e. The van der Waals surface area contributed by atoms with Crippen molar-refractivity contribution in [2.45, 2.75) is 31.4 Å². The van der Waals surface area contributed by atoms with Crippen molar-refractivity contribution in [2.24, 2.45) is 5.14 Å². The van der Waals surface area contributed by atoms with Gasteiger partial charge in [0.2, 0.25) is 10.0 Å². The van der Waals surface area contributed by atoms with Gasteiger partial charge in [-0.05, 0) is 55.3 Å². The predicted octanol–water partition coefficient (Wildman–Crippen LogP) is 2.38. The zero-order valence-electron chi connectivity index (χ0n) is 13.8. The first kappa shape index (κ1) is 19.2. The van der Waals surface area contributed by atoms with Crippen LogP contribution in [0, 0.1) is 6.92 Å². The molecule has 1 atom stereocenters. The number of hydrogen-bond donors (Lipinski definition) is 2. The number of rotatable bonds is 6. The van der Waals surface area contributed by atoms with E-state index in [4.69, 9.17) is 21.5 Å². The van der Waals surface area contributed by atoms with E-state index >= 15 is 0 Å². The highest BCUT2D eigenvalue weighted by atomic mass is 35.5. The van der Waals surface area contributed by atoms with Gasteiger partial charge in [0.15, 0.2) is 6.10 Å². The van der Waals surface area contributed by atoms with E-state index in [0.29, 0.717) is 16.3 Å². The number of carbonyl (C=O) groups excluding carboxylic acids is 1. The van der Waals surface area contributed by atoms with Crippen molar-refractivity contribution >= 4 is 27.5 Å². The molecule has 0 bridgehead atoms.